The van der Waals surface area contributed by atoms with Crippen LogP contribution in [0.2, 0.25) is 0 Å². The summed E-state index contributed by atoms with van der Waals surface area (Å²) < 4.78 is 0. The third-order valence-corrected chi connectivity index (χ3v) is 4.66. The minimum Gasteiger partial charge on any atom is -0.391 e. The lowest BCUT2D eigenvalue weighted by molar-refractivity contribution is 0.226. The minimum absolute atomic E-state index is 0.235. The molecule has 3 rings (SSSR count). The first-order valence-electron chi connectivity index (χ1n) is 6.78. The summed E-state index contributed by atoms with van der Waals surface area (Å²) in [7, 11) is 0. The Bertz CT molecular complexity index is 480. The van der Waals surface area contributed by atoms with E-state index in [9.17, 15) is 4.79 Å². The number of nitrogens with zero attached hydrogens (tertiary/aromatic N) is 2. The Morgan fingerprint density at radius 1 is 1.22 bits per heavy atom. The van der Waals surface area contributed by atoms with Gasteiger partial charge in [-0.3, -0.25) is 4.79 Å². The Balaban J connectivity index is 1.76. The normalized spacial score (nSPS) is 22.6. The zero-order chi connectivity index (χ0) is 12.6. The summed E-state index contributed by atoms with van der Waals surface area (Å²) in [6.45, 7) is 1.95. The number of anilines is 2. The number of hydrogen-bond acceptors (Lipinski definition) is 4. The summed E-state index contributed by atoms with van der Waals surface area (Å²) >= 11 is 0. The van der Waals surface area contributed by atoms with E-state index in [-0.39, 0.29) is 11.2 Å². The molecule has 0 bridgehead atoms. The molecule has 2 heterocycles. The van der Waals surface area contributed by atoms with Gasteiger partial charge in [-0.2, -0.15) is 0 Å². The topological polar surface area (TPSA) is 75.0 Å². The molecule has 1 saturated heterocycles. The van der Waals surface area contributed by atoms with E-state index in [0.717, 1.165) is 13.1 Å². The SMILES string of the molecule is Nc1c(N2CCC3(CCCC3)CC2)nc[nH]c1=O. The lowest BCUT2D eigenvalue weighted by atomic mass is 9.77. The highest BCUT2D eigenvalue weighted by Crippen LogP contribution is 2.46. The molecule has 2 aliphatic rings. The molecule has 0 amide bonds. The Hall–Kier alpha value is -1.52. The van der Waals surface area contributed by atoms with Gasteiger partial charge in [0.1, 0.15) is 5.69 Å². The second-order valence-corrected chi connectivity index (χ2v) is 5.66. The van der Waals surface area contributed by atoms with Crippen LogP contribution in [-0.2, 0) is 0 Å². The summed E-state index contributed by atoms with van der Waals surface area (Å²) in [5.41, 5.74) is 6.40. The molecule has 3 N–H and O–H groups in total. The number of nitrogens with one attached hydrogen (secondary N) is 1. The molecule has 0 aromatic carbocycles. The Kier molecular flexibility index (Phi) is 2.76. The molecule has 1 aliphatic carbocycles. The molecular formula is C13H20N4O. The first-order chi connectivity index (χ1) is 8.70. The monoisotopic (exact) mass is 248 g/mol. The number of aromatic amines is 1. The third-order valence-electron chi connectivity index (χ3n) is 4.66. The number of aromatic nitrogens is 2. The zero-order valence-electron chi connectivity index (χ0n) is 10.6. The van der Waals surface area contributed by atoms with E-state index in [1.807, 2.05) is 0 Å². The van der Waals surface area contributed by atoms with Gasteiger partial charge in [0.15, 0.2) is 5.82 Å². The molecule has 18 heavy (non-hydrogen) atoms. The van der Waals surface area contributed by atoms with Crippen molar-refractivity contribution in [3.63, 3.8) is 0 Å². The van der Waals surface area contributed by atoms with Crippen LogP contribution in [0.15, 0.2) is 11.1 Å². The van der Waals surface area contributed by atoms with Gasteiger partial charge < -0.3 is 15.6 Å². The average molecular weight is 248 g/mol. The van der Waals surface area contributed by atoms with E-state index in [0.29, 0.717) is 11.2 Å². The van der Waals surface area contributed by atoms with Crippen LogP contribution < -0.4 is 16.2 Å². The van der Waals surface area contributed by atoms with Crippen LogP contribution in [0.3, 0.4) is 0 Å². The van der Waals surface area contributed by atoms with E-state index in [4.69, 9.17) is 5.73 Å². The van der Waals surface area contributed by atoms with Crippen LogP contribution in [0.4, 0.5) is 11.5 Å². The predicted molar refractivity (Wildman–Crippen MR) is 71.6 cm³/mol. The molecule has 98 valence electrons. The quantitative estimate of drug-likeness (QED) is 0.790. The number of nitrogen functional groups attached to an aromatic ring is 1. The van der Waals surface area contributed by atoms with Gasteiger partial charge in [0.05, 0.1) is 6.33 Å². The fraction of sp³-hybridized carbons (Fsp3) is 0.692. The first-order valence-corrected chi connectivity index (χ1v) is 6.78. The van der Waals surface area contributed by atoms with Gasteiger partial charge >= 0.3 is 0 Å². The maximum atomic E-state index is 11.5. The predicted octanol–water partition coefficient (Wildman–Crippen LogP) is 1.51. The third kappa shape index (κ3) is 1.87. The van der Waals surface area contributed by atoms with Crippen molar-refractivity contribution in [2.24, 2.45) is 5.41 Å². The highest BCUT2D eigenvalue weighted by atomic mass is 16.1. The van der Waals surface area contributed by atoms with Gasteiger partial charge in [-0.25, -0.2) is 4.98 Å². The highest BCUT2D eigenvalue weighted by molar-refractivity contribution is 5.61. The molecule has 5 heteroatoms. The van der Waals surface area contributed by atoms with Crippen LogP contribution in [0.5, 0.6) is 0 Å². The van der Waals surface area contributed by atoms with Crippen molar-refractivity contribution in [1.29, 1.82) is 0 Å². The molecule has 2 fully saturated rings. The van der Waals surface area contributed by atoms with Gasteiger partial charge in [0.2, 0.25) is 0 Å². The van der Waals surface area contributed by atoms with Crippen molar-refractivity contribution in [2.45, 2.75) is 38.5 Å². The lowest BCUT2D eigenvalue weighted by Gasteiger charge is -2.40. The Morgan fingerprint density at radius 3 is 2.56 bits per heavy atom. The number of hydrogen-bond donors (Lipinski definition) is 2. The van der Waals surface area contributed by atoms with E-state index in [1.165, 1.54) is 44.9 Å². The molecule has 1 saturated carbocycles. The number of rotatable bonds is 1. The molecule has 1 spiro atoms. The van der Waals surface area contributed by atoms with Gasteiger partial charge in [-0.15, -0.1) is 0 Å². The molecule has 0 radical (unpaired) electrons. The van der Waals surface area contributed by atoms with Crippen molar-refractivity contribution in [3.8, 4) is 0 Å². The summed E-state index contributed by atoms with van der Waals surface area (Å²) in [6, 6.07) is 0. The summed E-state index contributed by atoms with van der Waals surface area (Å²) in [6.07, 6.45) is 9.37. The highest BCUT2D eigenvalue weighted by Gasteiger charge is 2.37. The van der Waals surface area contributed by atoms with Gasteiger partial charge in [-0.05, 0) is 31.1 Å². The van der Waals surface area contributed by atoms with Crippen molar-refractivity contribution >= 4 is 11.5 Å². The van der Waals surface area contributed by atoms with E-state index < -0.39 is 0 Å². The number of piperidine rings is 1. The van der Waals surface area contributed by atoms with Gasteiger partial charge in [-0.1, -0.05) is 12.8 Å². The van der Waals surface area contributed by atoms with Crippen molar-refractivity contribution < 1.29 is 0 Å². The molecular weight excluding hydrogens is 228 g/mol. The minimum atomic E-state index is -0.235. The van der Waals surface area contributed by atoms with Crippen molar-refractivity contribution in [2.75, 3.05) is 23.7 Å². The summed E-state index contributed by atoms with van der Waals surface area (Å²) in [5, 5.41) is 0. The Morgan fingerprint density at radius 2 is 1.89 bits per heavy atom. The van der Waals surface area contributed by atoms with Crippen LogP contribution in [0, 0.1) is 5.41 Å². The van der Waals surface area contributed by atoms with Crippen molar-refractivity contribution in [3.05, 3.63) is 16.7 Å². The second-order valence-electron chi connectivity index (χ2n) is 5.66. The standard InChI is InChI=1S/C13H20N4O/c14-10-11(15-9-16-12(10)18)17-7-5-13(6-8-17)3-1-2-4-13/h9H,1-8,14H2,(H,15,16,18). The smallest absolute Gasteiger partial charge is 0.276 e. The number of H-pyrrole nitrogens is 1. The van der Waals surface area contributed by atoms with E-state index in [1.54, 1.807) is 0 Å². The lowest BCUT2D eigenvalue weighted by Crippen LogP contribution is -2.40. The molecule has 1 aromatic rings. The van der Waals surface area contributed by atoms with Crippen molar-refractivity contribution in [1.82, 2.24) is 9.97 Å². The zero-order valence-corrected chi connectivity index (χ0v) is 10.6. The fourth-order valence-electron chi connectivity index (χ4n) is 3.47. The van der Waals surface area contributed by atoms with E-state index >= 15 is 0 Å². The van der Waals surface area contributed by atoms with E-state index in [2.05, 4.69) is 14.9 Å². The van der Waals surface area contributed by atoms with Crippen LogP contribution >= 0.6 is 0 Å². The van der Waals surface area contributed by atoms with Crippen LogP contribution in [0.25, 0.3) is 0 Å². The van der Waals surface area contributed by atoms with Gasteiger partial charge in [0, 0.05) is 13.1 Å². The largest absolute Gasteiger partial charge is 0.391 e. The molecule has 0 atom stereocenters. The molecule has 1 aliphatic heterocycles. The summed E-state index contributed by atoms with van der Waals surface area (Å²) in [5.74, 6) is 0.659. The Labute approximate surface area is 106 Å². The number of nitrogens with two attached hydrogens (primary N) is 1. The van der Waals surface area contributed by atoms with Crippen LogP contribution in [-0.4, -0.2) is 23.1 Å². The average Bonchev–Trinajstić information content (AvgIpc) is 2.83. The second kappa shape index (κ2) is 4.30. The van der Waals surface area contributed by atoms with Gasteiger partial charge in [0.25, 0.3) is 5.56 Å². The fourth-order valence-corrected chi connectivity index (χ4v) is 3.47. The molecule has 5 nitrogen and oxygen atoms in total. The maximum absolute atomic E-state index is 11.5. The molecule has 1 aromatic heterocycles. The first kappa shape index (κ1) is 11.6. The molecule has 0 unspecified atom stereocenters. The van der Waals surface area contributed by atoms with Crippen LogP contribution in [0.1, 0.15) is 38.5 Å². The summed E-state index contributed by atoms with van der Waals surface area (Å²) in [4.78, 5) is 20.4. The maximum Gasteiger partial charge on any atom is 0.276 e.